The van der Waals surface area contributed by atoms with Gasteiger partial charge < -0.3 is 20.4 Å². The van der Waals surface area contributed by atoms with E-state index in [1.165, 1.54) is 5.56 Å². The van der Waals surface area contributed by atoms with Crippen LogP contribution in [0.5, 0.6) is 5.88 Å². The molecule has 0 saturated heterocycles. The van der Waals surface area contributed by atoms with Gasteiger partial charge in [-0.25, -0.2) is 9.97 Å². The molecule has 186 valence electrons. The molecule has 5 rings (SSSR count). The van der Waals surface area contributed by atoms with Crippen LogP contribution < -0.4 is 21.3 Å². The minimum Gasteiger partial charge on any atom is -0.473 e. The number of anilines is 2. The molecule has 0 bridgehead atoms. The summed E-state index contributed by atoms with van der Waals surface area (Å²) in [5, 5.41) is 5.38. The normalized spacial score (nSPS) is 11.0. The van der Waals surface area contributed by atoms with E-state index < -0.39 is 0 Å². The highest BCUT2D eigenvalue weighted by atomic mass is 16.5. The van der Waals surface area contributed by atoms with Gasteiger partial charge in [-0.15, -0.1) is 0 Å². The zero-order valence-electron chi connectivity index (χ0n) is 20.8. The second kappa shape index (κ2) is 10.5. The standard InChI is InChI=1S/C29H28N6O2/c1-19-15-24-23(10-12-31-28(24)30)20(2)25(19)16-33-29-32-13-11-26(34-29)37-18-22-8-6-21(7-9-22)17-35-14-4-3-5-27(35)36/h3-15H,16-18H2,1-2H3,(H2,30,31)(H,32,33,34). The zero-order valence-corrected chi connectivity index (χ0v) is 20.8. The number of nitrogens with one attached hydrogen (secondary N) is 1. The molecule has 0 atom stereocenters. The van der Waals surface area contributed by atoms with Crippen molar-refractivity contribution in [2.45, 2.75) is 33.5 Å². The van der Waals surface area contributed by atoms with Crippen molar-refractivity contribution in [3.05, 3.63) is 117 Å². The Bertz CT molecular complexity index is 1610. The highest BCUT2D eigenvalue weighted by Crippen LogP contribution is 2.28. The molecule has 5 aromatic rings. The number of pyridine rings is 2. The van der Waals surface area contributed by atoms with E-state index in [2.05, 4.69) is 40.2 Å². The fourth-order valence-electron chi connectivity index (χ4n) is 4.36. The molecule has 8 nitrogen and oxygen atoms in total. The number of hydrogen-bond donors (Lipinski definition) is 2. The van der Waals surface area contributed by atoms with E-state index in [4.69, 9.17) is 10.5 Å². The third-order valence-corrected chi connectivity index (χ3v) is 6.43. The predicted octanol–water partition coefficient (Wildman–Crippen LogP) is 4.62. The summed E-state index contributed by atoms with van der Waals surface area (Å²) in [4.78, 5) is 25.0. The van der Waals surface area contributed by atoms with E-state index in [1.54, 1.807) is 41.4 Å². The molecule has 8 heteroatoms. The lowest BCUT2D eigenvalue weighted by molar-refractivity contribution is 0.293. The van der Waals surface area contributed by atoms with E-state index in [1.807, 2.05) is 36.4 Å². The van der Waals surface area contributed by atoms with Crippen LogP contribution in [0.1, 0.15) is 27.8 Å². The minimum absolute atomic E-state index is 0.0176. The van der Waals surface area contributed by atoms with Gasteiger partial charge in [0.1, 0.15) is 12.4 Å². The molecule has 0 aliphatic rings. The molecule has 0 saturated carbocycles. The van der Waals surface area contributed by atoms with Gasteiger partial charge in [-0.1, -0.05) is 30.3 Å². The summed E-state index contributed by atoms with van der Waals surface area (Å²) >= 11 is 0. The topological polar surface area (TPSA) is 108 Å². The number of nitrogens with zero attached hydrogens (tertiary/aromatic N) is 4. The van der Waals surface area contributed by atoms with Crippen LogP contribution in [0, 0.1) is 13.8 Å². The molecule has 2 aromatic carbocycles. The van der Waals surface area contributed by atoms with Crippen molar-refractivity contribution < 1.29 is 4.74 Å². The number of nitrogens with two attached hydrogens (primary N) is 1. The molecule has 0 unspecified atom stereocenters. The summed E-state index contributed by atoms with van der Waals surface area (Å²) in [5.74, 6) is 1.52. The quantitative estimate of drug-likeness (QED) is 0.325. The SMILES string of the molecule is Cc1cc2c(N)nccc2c(C)c1CNc1nccc(OCc2ccc(Cn3ccccc3=O)cc2)n1. The van der Waals surface area contributed by atoms with E-state index in [0.717, 1.165) is 33.0 Å². The first-order chi connectivity index (χ1) is 18.0. The van der Waals surface area contributed by atoms with E-state index in [0.29, 0.717) is 37.3 Å². The second-order valence-corrected chi connectivity index (χ2v) is 8.93. The number of ether oxygens (including phenoxy) is 1. The molecular weight excluding hydrogens is 464 g/mol. The van der Waals surface area contributed by atoms with Crippen LogP contribution >= 0.6 is 0 Å². The molecule has 37 heavy (non-hydrogen) atoms. The summed E-state index contributed by atoms with van der Waals surface area (Å²) in [7, 11) is 0. The Hall–Kier alpha value is -4.72. The van der Waals surface area contributed by atoms with Gasteiger partial charge in [-0.05, 0) is 65.3 Å². The average Bonchev–Trinajstić information content (AvgIpc) is 2.90. The minimum atomic E-state index is -0.0176. The van der Waals surface area contributed by atoms with Crippen LogP contribution in [-0.2, 0) is 19.7 Å². The monoisotopic (exact) mass is 492 g/mol. The lowest BCUT2D eigenvalue weighted by atomic mass is 9.96. The predicted molar refractivity (Wildman–Crippen MR) is 146 cm³/mol. The first kappa shape index (κ1) is 24.0. The first-order valence-electron chi connectivity index (χ1n) is 12.0. The number of hydrogen-bond acceptors (Lipinski definition) is 7. The highest BCUT2D eigenvalue weighted by molar-refractivity contribution is 5.94. The summed E-state index contributed by atoms with van der Waals surface area (Å²) in [6, 6.07) is 19.0. The van der Waals surface area contributed by atoms with Crippen molar-refractivity contribution in [1.82, 2.24) is 19.5 Å². The molecule has 0 radical (unpaired) electrons. The van der Waals surface area contributed by atoms with Crippen molar-refractivity contribution in [3.63, 3.8) is 0 Å². The third kappa shape index (κ3) is 5.43. The third-order valence-electron chi connectivity index (χ3n) is 6.43. The van der Waals surface area contributed by atoms with Gasteiger partial charge in [0.15, 0.2) is 0 Å². The van der Waals surface area contributed by atoms with Crippen LogP contribution in [-0.4, -0.2) is 19.5 Å². The second-order valence-electron chi connectivity index (χ2n) is 8.93. The van der Waals surface area contributed by atoms with Gasteiger partial charge in [0.2, 0.25) is 11.8 Å². The maximum absolute atomic E-state index is 11.9. The van der Waals surface area contributed by atoms with Crippen molar-refractivity contribution in [2.75, 3.05) is 11.1 Å². The maximum atomic E-state index is 11.9. The molecule has 0 aliphatic heterocycles. The van der Waals surface area contributed by atoms with Crippen LogP contribution in [0.15, 0.2) is 84.0 Å². The lowest BCUT2D eigenvalue weighted by Crippen LogP contribution is -2.18. The van der Waals surface area contributed by atoms with Gasteiger partial charge in [0.25, 0.3) is 5.56 Å². The Balaban J connectivity index is 1.22. The summed E-state index contributed by atoms with van der Waals surface area (Å²) in [6.07, 6.45) is 5.20. The molecule has 0 aliphatic carbocycles. The average molecular weight is 493 g/mol. The number of nitrogen functional groups attached to an aromatic ring is 1. The molecule has 3 N–H and O–H groups in total. The van der Waals surface area contributed by atoms with Crippen LogP contribution in [0.4, 0.5) is 11.8 Å². The molecular formula is C29H28N6O2. The van der Waals surface area contributed by atoms with Crippen molar-refractivity contribution >= 4 is 22.5 Å². The van der Waals surface area contributed by atoms with Crippen LogP contribution in [0.2, 0.25) is 0 Å². The Morgan fingerprint density at radius 1 is 0.946 bits per heavy atom. The van der Waals surface area contributed by atoms with Crippen molar-refractivity contribution in [1.29, 1.82) is 0 Å². The van der Waals surface area contributed by atoms with Gasteiger partial charge in [-0.2, -0.15) is 4.98 Å². The van der Waals surface area contributed by atoms with Crippen molar-refractivity contribution in [2.24, 2.45) is 0 Å². The van der Waals surface area contributed by atoms with Gasteiger partial charge in [0, 0.05) is 42.7 Å². The highest BCUT2D eigenvalue weighted by Gasteiger charge is 2.11. The smallest absolute Gasteiger partial charge is 0.250 e. The molecule has 3 aromatic heterocycles. The van der Waals surface area contributed by atoms with Crippen molar-refractivity contribution in [3.8, 4) is 5.88 Å². The van der Waals surface area contributed by atoms with Crippen LogP contribution in [0.3, 0.4) is 0 Å². The van der Waals surface area contributed by atoms with E-state index >= 15 is 0 Å². The summed E-state index contributed by atoms with van der Waals surface area (Å²) < 4.78 is 7.59. The molecule has 3 heterocycles. The van der Waals surface area contributed by atoms with E-state index in [-0.39, 0.29) is 5.56 Å². The summed E-state index contributed by atoms with van der Waals surface area (Å²) in [5.41, 5.74) is 11.6. The number of fused-ring (bicyclic) bond motifs is 1. The maximum Gasteiger partial charge on any atom is 0.250 e. The number of aryl methyl sites for hydroxylation is 2. The summed E-state index contributed by atoms with van der Waals surface area (Å²) in [6.45, 7) is 5.64. The van der Waals surface area contributed by atoms with E-state index in [9.17, 15) is 4.79 Å². The Morgan fingerprint density at radius 2 is 1.73 bits per heavy atom. The number of rotatable bonds is 8. The Kier molecular flexibility index (Phi) is 6.81. The lowest BCUT2D eigenvalue weighted by Gasteiger charge is -2.15. The van der Waals surface area contributed by atoms with Crippen LogP contribution in [0.25, 0.3) is 10.8 Å². The fourth-order valence-corrected chi connectivity index (χ4v) is 4.36. The number of benzene rings is 2. The zero-order chi connectivity index (χ0) is 25.8. The largest absolute Gasteiger partial charge is 0.473 e. The molecule has 0 spiro atoms. The molecule has 0 fully saturated rings. The number of aromatic nitrogens is 4. The first-order valence-corrected chi connectivity index (χ1v) is 12.0. The van der Waals surface area contributed by atoms with Gasteiger partial charge in [-0.3, -0.25) is 4.79 Å². The van der Waals surface area contributed by atoms with Gasteiger partial charge >= 0.3 is 0 Å². The fraction of sp³-hybridized carbons (Fsp3) is 0.172. The van der Waals surface area contributed by atoms with Gasteiger partial charge in [0.05, 0.1) is 6.54 Å². The molecule has 0 amide bonds. The Labute approximate surface area is 214 Å². The Morgan fingerprint density at radius 3 is 2.54 bits per heavy atom.